The maximum Gasteiger partial charge on any atom is -0.0213 e. The normalized spacial score (nSPS) is 16.3. The predicted octanol–water partition coefficient (Wildman–Crippen LogP) is 3.88. The van der Waals surface area contributed by atoms with Crippen molar-refractivity contribution in [3.63, 3.8) is 0 Å². The Kier molecular flexibility index (Phi) is 3.85. The second kappa shape index (κ2) is 3.94. The van der Waals surface area contributed by atoms with Crippen LogP contribution in [0.1, 0.15) is 41.5 Å². The second-order valence-corrected chi connectivity index (χ2v) is 4.78. The smallest absolute Gasteiger partial charge is 0.0213 e. The monoisotopic (exact) mass is 154 g/mol. The van der Waals surface area contributed by atoms with Gasteiger partial charge in [0.25, 0.3) is 0 Å². The van der Waals surface area contributed by atoms with Crippen LogP contribution in [0.15, 0.2) is 12.2 Å². The zero-order valence-electron chi connectivity index (χ0n) is 8.81. The third-order valence-electron chi connectivity index (χ3n) is 2.15. The zero-order chi connectivity index (χ0) is 9.07. The molecule has 0 N–H and O–H groups in total. The first kappa shape index (κ1) is 10.7. The first-order valence-corrected chi connectivity index (χ1v) is 4.52. The summed E-state index contributed by atoms with van der Waals surface area (Å²) in [6.45, 7) is 13.5. The van der Waals surface area contributed by atoms with E-state index >= 15 is 0 Å². The van der Waals surface area contributed by atoms with Gasteiger partial charge in [0, 0.05) is 0 Å². The van der Waals surface area contributed by atoms with Gasteiger partial charge in [-0.05, 0) is 17.3 Å². The molecule has 0 spiro atoms. The number of allylic oxidation sites excluding steroid dienone is 2. The molecule has 1 unspecified atom stereocenters. The first-order chi connectivity index (χ1) is 4.84. The summed E-state index contributed by atoms with van der Waals surface area (Å²) in [5.74, 6) is 1.35. The van der Waals surface area contributed by atoms with E-state index in [9.17, 15) is 0 Å². The molecule has 0 aromatic rings. The Labute approximate surface area is 71.7 Å². The van der Waals surface area contributed by atoms with Gasteiger partial charge in [0.2, 0.25) is 0 Å². The maximum atomic E-state index is 2.32. The van der Waals surface area contributed by atoms with Crippen LogP contribution in [0, 0.1) is 17.3 Å². The molecule has 0 saturated heterocycles. The lowest BCUT2D eigenvalue weighted by Gasteiger charge is -2.24. The molecule has 0 radical (unpaired) electrons. The van der Waals surface area contributed by atoms with Crippen molar-refractivity contribution in [2.24, 2.45) is 17.3 Å². The fourth-order valence-electron chi connectivity index (χ4n) is 0.678. The average Bonchev–Trinajstić information content (AvgIpc) is 1.80. The molecule has 0 saturated carbocycles. The van der Waals surface area contributed by atoms with Crippen molar-refractivity contribution < 1.29 is 0 Å². The van der Waals surface area contributed by atoms with Crippen LogP contribution in [-0.2, 0) is 0 Å². The van der Waals surface area contributed by atoms with E-state index in [0.717, 1.165) is 0 Å². The van der Waals surface area contributed by atoms with Crippen LogP contribution in [0.3, 0.4) is 0 Å². The van der Waals surface area contributed by atoms with Crippen molar-refractivity contribution in [1.29, 1.82) is 0 Å². The minimum Gasteiger partial charge on any atom is -0.0857 e. The van der Waals surface area contributed by atoms with Crippen LogP contribution in [-0.4, -0.2) is 0 Å². The molecule has 0 rings (SSSR count). The van der Waals surface area contributed by atoms with Crippen LogP contribution in [0.4, 0.5) is 0 Å². The average molecular weight is 154 g/mol. The fraction of sp³-hybridized carbons (Fsp3) is 0.818. The highest BCUT2D eigenvalue weighted by molar-refractivity contribution is 4.93. The van der Waals surface area contributed by atoms with Gasteiger partial charge in [0.05, 0.1) is 0 Å². The van der Waals surface area contributed by atoms with E-state index in [1.807, 2.05) is 0 Å². The SMILES string of the molecule is CC(C)/C=C/C(C)C(C)(C)C. The van der Waals surface area contributed by atoms with Crippen molar-refractivity contribution in [3.05, 3.63) is 12.2 Å². The largest absolute Gasteiger partial charge is 0.0857 e. The number of hydrogen-bond acceptors (Lipinski definition) is 0. The molecule has 0 heteroatoms. The molecule has 0 aliphatic carbocycles. The maximum absolute atomic E-state index is 2.32. The molecule has 0 fully saturated rings. The summed E-state index contributed by atoms with van der Waals surface area (Å²) < 4.78 is 0. The third kappa shape index (κ3) is 5.06. The summed E-state index contributed by atoms with van der Waals surface area (Å²) >= 11 is 0. The van der Waals surface area contributed by atoms with Crippen LogP contribution < -0.4 is 0 Å². The molecule has 11 heavy (non-hydrogen) atoms. The van der Waals surface area contributed by atoms with Crippen LogP contribution >= 0.6 is 0 Å². The van der Waals surface area contributed by atoms with Gasteiger partial charge in [-0.15, -0.1) is 0 Å². The quantitative estimate of drug-likeness (QED) is 0.529. The molecule has 0 aliphatic rings. The van der Waals surface area contributed by atoms with Gasteiger partial charge in [-0.25, -0.2) is 0 Å². The van der Waals surface area contributed by atoms with E-state index in [1.165, 1.54) is 0 Å². The number of rotatable bonds is 2. The van der Waals surface area contributed by atoms with Crippen LogP contribution in [0.5, 0.6) is 0 Å². The Balaban J connectivity index is 3.97. The lowest BCUT2D eigenvalue weighted by molar-refractivity contribution is 0.313. The Hall–Kier alpha value is -0.260. The predicted molar refractivity (Wildman–Crippen MR) is 52.6 cm³/mol. The molecule has 0 aromatic carbocycles. The molecular weight excluding hydrogens is 132 g/mol. The van der Waals surface area contributed by atoms with Crippen LogP contribution in [0.25, 0.3) is 0 Å². The van der Waals surface area contributed by atoms with Gasteiger partial charge < -0.3 is 0 Å². The summed E-state index contributed by atoms with van der Waals surface area (Å²) in [6, 6.07) is 0. The Morgan fingerprint density at radius 2 is 1.36 bits per heavy atom. The minimum atomic E-state index is 0.408. The van der Waals surface area contributed by atoms with Crippen LogP contribution in [0.2, 0.25) is 0 Å². The summed E-state index contributed by atoms with van der Waals surface area (Å²) in [5.41, 5.74) is 0.408. The fourth-order valence-corrected chi connectivity index (χ4v) is 0.678. The highest BCUT2D eigenvalue weighted by atomic mass is 14.2. The molecule has 1 atom stereocenters. The van der Waals surface area contributed by atoms with Gasteiger partial charge in [0.1, 0.15) is 0 Å². The second-order valence-electron chi connectivity index (χ2n) is 4.78. The summed E-state index contributed by atoms with van der Waals surface area (Å²) in [4.78, 5) is 0. The molecule has 66 valence electrons. The van der Waals surface area contributed by atoms with E-state index in [1.54, 1.807) is 0 Å². The van der Waals surface area contributed by atoms with E-state index in [-0.39, 0.29) is 0 Å². The van der Waals surface area contributed by atoms with Crippen molar-refractivity contribution in [3.8, 4) is 0 Å². The molecule has 0 amide bonds. The molecule has 0 heterocycles. The topological polar surface area (TPSA) is 0 Å². The van der Waals surface area contributed by atoms with E-state index in [0.29, 0.717) is 17.3 Å². The van der Waals surface area contributed by atoms with Crippen molar-refractivity contribution >= 4 is 0 Å². The van der Waals surface area contributed by atoms with Gasteiger partial charge in [0.15, 0.2) is 0 Å². The van der Waals surface area contributed by atoms with E-state index in [4.69, 9.17) is 0 Å². The molecule has 0 aliphatic heterocycles. The highest BCUT2D eigenvalue weighted by Crippen LogP contribution is 2.26. The number of hydrogen-bond donors (Lipinski definition) is 0. The highest BCUT2D eigenvalue weighted by Gasteiger charge is 2.16. The minimum absolute atomic E-state index is 0.408. The Bertz CT molecular complexity index is 123. The summed E-state index contributed by atoms with van der Waals surface area (Å²) in [6.07, 6.45) is 4.61. The lowest BCUT2D eigenvalue weighted by atomic mass is 9.81. The first-order valence-electron chi connectivity index (χ1n) is 4.52. The van der Waals surface area contributed by atoms with E-state index < -0.39 is 0 Å². The molecule has 0 aromatic heterocycles. The lowest BCUT2D eigenvalue weighted by Crippen LogP contribution is -2.14. The third-order valence-corrected chi connectivity index (χ3v) is 2.15. The standard InChI is InChI=1S/C11H22/c1-9(2)7-8-10(3)11(4,5)6/h7-10H,1-6H3/b8-7+. The van der Waals surface area contributed by atoms with Gasteiger partial charge in [-0.3, -0.25) is 0 Å². The van der Waals surface area contributed by atoms with Crippen molar-refractivity contribution in [1.82, 2.24) is 0 Å². The Morgan fingerprint density at radius 1 is 0.909 bits per heavy atom. The van der Waals surface area contributed by atoms with Gasteiger partial charge in [-0.2, -0.15) is 0 Å². The molecular formula is C11H22. The zero-order valence-corrected chi connectivity index (χ0v) is 8.81. The summed E-state index contributed by atoms with van der Waals surface area (Å²) in [5, 5.41) is 0. The molecule has 0 nitrogen and oxygen atoms in total. The van der Waals surface area contributed by atoms with Gasteiger partial charge in [-0.1, -0.05) is 53.7 Å². The van der Waals surface area contributed by atoms with Gasteiger partial charge >= 0.3 is 0 Å². The van der Waals surface area contributed by atoms with Crippen molar-refractivity contribution in [2.75, 3.05) is 0 Å². The Morgan fingerprint density at radius 3 is 1.64 bits per heavy atom. The van der Waals surface area contributed by atoms with Crippen molar-refractivity contribution in [2.45, 2.75) is 41.5 Å². The molecule has 0 bridgehead atoms. The summed E-state index contributed by atoms with van der Waals surface area (Å²) in [7, 11) is 0. The van der Waals surface area contributed by atoms with E-state index in [2.05, 4.69) is 53.7 Å².